The molecule has 1 N–H and O–H groups in total. The molecule has 0 atom stereocenters. The van der Waals surface area contributed by atoms with Crippen molar-refractivity contribution in [3.05, 3.63) is 34.9 Å². The third-order valence-corrected chi connectivity index (χ3v) is 4.20. The standard InChI is InChI=1S/C16H23ClN2O/c1-19(15-8-3-2-4-9-15)12-16(20)18-11-13-6-5-7-14(17)10-13/h5-7,10,15H,2-4,8-9,11-12H2,1H3,(H,18,20). The van der Waals surface area contributed by atoms with Crippen molar-refractivity contribution in [2.75, 3.05) is 13.6 Å². The van der Waals surface area contributed by atoms with Gasteiger partial charge in [-0.3, -0.25) is 9.69 Å². The van der Waals surface area contributed by atoms with E-state index >= 15 is 0 Å². The Bertz CT molecular complexity index is 444. The molecule has 110 valence electrons. The van der Waals surface area contributed by atoms with Crippen LogP contribution in [-0.2, 0) is 11.3 Å². The van der Waals surface area contributed by atoms with Crippen LogP contribution in [-0.4, -0.2) is 30.4 Å². The molecule has 20 heavy (non-hydrogen) atoms. The number of benzene rings is 1. The van der Waals surface area contributed by atoms with Gasteiger partial charge in [-0.15, -0.1) is 0 Å². The molecular weight excluding hydrogens is 272 g/mol. The molecule has 4 heteroatoms. The summed E-state index contributed by atoms with van der Waals surface area (Å²) < 4.78 is 0. The summed E-state index contributed by atoms with van der Waals surface area (Å²) in [5, 5.41) is 3.66. The van der Waals surface area contributed by atoms with Gasteiger partial charge in [0, 0.05) is 17.6 Å². The number of rotatable bonds is 5. The molecular formula is C16H23ClN2O. The van der Waals surface area contributed by atoms with E-state index in [0.717, 1.165) is 5.56 Å². The van der Waals surface area contributed by atoms with Gasteiger partial charge in [-0.25, -0.2) is 0 Å². The second-order valence-electron chi connectivity index (χ2n) is 5.61. The van der Waals surface area contributed by atoms with Crippen molar-refractivity contribution in [3.63, 3.8) is 0 Å². The quantitative estimate of drug-likeness (QED) is 0.904. The van der Waals surface area contributed by atoms with E-state index in [4.69, 9.17) is 11.6 Å². The molecule has 2 rings (SSSR count). The smallest absolute Gasteiger partial charge is 0.234 e. The Morgan fingerprint density at radius 3 is 2.80 bits per heavy atom. The van der Waals surface area contributed by atoms with E-state index < -0.39 is 0 Å². The fraction of sp³-hybridized carbons (Fsp3) is 0.562. The molecule has 1 saturated carbocycles. The van der Waals surface area contributed by atoms with E-state index in [9.17, 15) is 4.79 Å². The molecule has 1 aliphatic carbocycles. The molecule has 3 nitrogen and oxygen atoms in total. The van der Waals surface area contributed by atoms with E-state index in [1.54, 1.807) is 0 Å². The lowest BCUT2D eigenvalue weighted by molar-refractivity contribution is -0.122. The maximum absolute atomic E-state index is 12.0. The summed E-state index contributed by atoms with van der Waals surface area (Å²) >= 11 is 5.93. The maximum Gasteiger partial charge on any atom is 0.234 e. The first-order chi connectivity index (χ1) is 9.65. The van der Waals surface area contributed by atoms with Crippen LogP contribution in [0.4, 0.5) is 0 Å². The number of likely N-dealkylation sites (N-methyl/N-ethyl adjacent to an activating group) is 1. The monoisotopic (exact) mass is 294 g/mol. The Balaban J connectivity index is 1.74. The van der Waals surface area contributed by atoms with Crippen molar-refractivity contribution in [2.45, 2.75) is 44.7 Å². The SMILES string of the molecule is CN(CC(=O)NCc1cccc(Cl)c1)C1CCCCC1. The van der Waals surface area contributed by atoms with Crippen molar-refractivity contribution >= 4 is 17.5 Å². The lowest BCUT2D eigenvalue weighted by Gasteiger charge is -2.30. The van der Waals surface area contributed by atoms with Crippen LogP contribution in [0.15, 0.2) is 24.3 Å². The van der Waals surface area contributed by atoms with Gasteiger partial charge in [0.05, 0.1) is 6.54 Å². The number of halogens is 1. The highest BCUT2D eigenvalue weighted by atomic mass is 35.5. The van der Waals surface area contributed by atoms with E-state index in [1.165, 1.54) is 32.1 Å². The second-order valence-corrected chi connectivity index (χ2v) is 6.05. The zero-order chi connectivity index (χ0) is 14.4. The summed E-state index contributed by atoms with van der Waals surface area (Å²) in [6.07, 6.45) is 6.36. The van der Waals surface area contributed by atoms with Gasteiger partial charge < -0.3 is 5.32 Å². The van der Waals surface area contributed by atoms with Crippen molar-refractivity contribution < 1.29 is 4.79 Å². The van der Waals surface area contributed by atoms with Crippen LogP contribution in [0.3, 0.4) is 0 Å². The van der Waals surface area contributed by atoms with E-state index in [-0.39, 0.29) is 5.91 Å². The molecule has 0 spiro atoms. The molecule has 1 aromatic carbocycles. The predicted molar refractivity (Wildman–Crippen MR) is 82.8 cm³/mol. The zero-order valence-electron chi connectivity index (χ0n) is 12.1. The largest absolute Gasteiger partial charge is 0.351 e. The molecule has 0 heterocycles. The Morgan fingerprint density at radius 1 is 1.35 bits per heavy atom. The van der Waals surface area contributed by atoms with Crippen molar-refractivity contribution in [3.8, 4) is 0 Å². The number of nitrogens with one attached hydrogen (secondary N) is 1. The molecule has 0 bridgehead atoms. The van der Waals surface area contributed by atoms with Crippen LogP contribution < -0.4 is 5.32 Å². The van der Waals surface area contributed by atoms with Gasteiger partial charge in [0.1, 0.15) is 0 Å². The highest BCUT2D eigenvalue weighted by Crippen LogP contribution is 2.21. The first kappa shape index (κ1) is 15.3. The van der Waals surface area contributed by atoms with Crippen molar-refractivity contribution in [1.82, 2.24) is 10.2 Å². The zero-order valence-corrected chi connectivity index (χ0v) is 12.8. The summed E-state index contributed by atoms with van der Waals surface area (Å²) in [5.74, 6) is 0.0815. The fourth-order valence-corrected chi connectivity index (χ4v) is 2.99. The number of hydrogen-bond acceptors (Lipinski definition) is 2. The van der Waals surface area contributed by atoms with Gasteiger partial charge in [-0.1, -0.05) is 43.0 Å². The number of hydrogen-bond donors (Lipinski definition) is 1. The lowest BCUT2D eigenvalue weighted by Crippen LogP contribution is -2.41. The van der Waals surface area contributed by atoms with Crippen LogP contribution in [0.2, 0.25) is 5.02 Å². The minimum absolute atomic E-state index is 0.0815. The first-order valence-electron chi connectivity index (χ1n) is 7.36. The molecule has 0 saturated heterocycles. The number of amides is 1. The average molecular weight is 295 g/mol. The Kier molecular flexibility index (Phi) is 5.86. The minimum atomic E-state index is 0.0815. The van der Waals surface area contributed by atoms with Crippen LogP contribution in [0.25, 0.3) is 0 Å². The van der Waals surface area contributed by atoms with Crippen LogP contribution in [0, 0.1) is 0 Å². The van der Waals surface area contributed by atoms with Crippen LogP contribution in [0.5, 0.6) is 0 Å². The molecule has 1 aromatic rings. The molecule has 1 fully saturated rings. The second kappa shape index (κ2) is 7.65. The van der Waals surface area contributed by atoms with Crippen LogP contribution >= 0.6 is 11.6 Å². The Hall–Kier alpha value is -1.06. The molecule has 0 unspecified atom stereocenters. The van der Waals surface area contributed by atoms with Gasteiger partial charge in [0.2, 0.25) is 5.91 Å². The topological polar surface area (TPSA) is 32.3 Å². The fourth-order valence-electron chi connectivity index (χ4n) is 2.78. The third kappa shape index (κ3) is 4.80. The average Bonchev–Trinajstić information content (AvgIpc) is 2.46. The number of carbonyl (C=O) groups excluding carboxylic acids is 1. The van der Waals surface area contributed by atoms with Gasteiger partial charge >= 0.3 is 0 Å². The van der Waals surface area contributed by atoms with E-state index in [2.05, 4.69) is 17.3 Å². The Morgan fingerprint density at radius 2 is 2.10 bits per heavy atom. The highest BCUT2D eigenvalue weighted by Gasteiger charge is 2.19. The summed E-state index contributed by atoms with van der Waals surface area (Å²) in [7, 11) is 2.05. The number of carbonyl (C=O) groups is 1. The minimum Gasteiger partial charge on any atom is -0.351 e. The summed E-state index contributed by atoms with van der Waals surface area (Å²) in [4.78, 5) is 14.2. The first-order valence-corrected chi connectivity index (χ1v) is 7.74. The summed E-state index contributed by atoms with van der Waals surface area (Å²) in [6.45, 7) is 1.02. The van der Waals surface area contributed by atoms with Gasteiger partial charge in [-0.2, -0.15) is 0 Å². The van der Waals surface area contributed by atoms with Crippen molar-refractivity contribution in [1.29, 1.82) is 0 Å². The van der Waals surface area contributed by atoms with Crippen LogP contribution in [0.1, 0.15) is 37.7 Å². The lowest BCUT2D eigenvalue weighted by atomic mass is 9.94. The molecule has 1 amide bonds. The van der Waals surface area contributed by atoms with Gasteiger partial charge in [-0.05, 0) is 37.6 Å². The van der Waals surface area contributed by atoms with Gasteiger partial charge in [0.15, 0.2) is 0 Å². The number of nitrogens with zero attached hydrogens (tertiary/aromatic N) is 1. The molecule has 0 radical (unpaired) electrons. The molecule has 1 aliphatic rings. The Labute approximate surface area is 126 Å². The predicted octanol–water partition coefficient (Wildman–Crippen LogP) is 3.22. The summed E-state index contributed by atoms with van der Waals surface area (Å²) in [5.41, 5.74) is 1.03. The van der Waals surface area contributed by atoms with Crippen molar-refractivity contribution in [2.24, 2.45) is 0 Å². The maximum atomic E-state index is 12.0. The summed E-state index contributed by atoms with van der Waals surface area (Å²) in [6, 6.07) is 8.16. The van der Waals surface area contributed by atoms with E-state index in [1.807, 2.05) is 24.3 Å². The van der Waals surface area contributed by atoms with E-state index in [0.29, 0.717) is 24.2 Å². The third-order valence-electron chi connectivity index (χ3n) is 3.97. The molecule has 0 aromatic heterocycles. The van der Waals surface area contributed by atoms with Gasteiger partial charge in [0.25, 0.3) is 0 Å². The molecule has 0 aliphatic heterocycles. The normalized spacial score (nSPS) is 16.4. The highest BCUT2D eigenvalue weighted by molar-refractivity contribution is 6.30.